The van der Waals surface area contributed by atoms with Crippen molar-refractivity contribution in [1.82, 2.24) is 0 Å². The molecule has 0 saturated carbocycles. The van der Waals surface area contributed by atoms with E-state index in [2.05, 4.69) is 0 Å². The van der Waals surface area contributed by atoms with Crippen LogP contribution in [0, 0.1) is 5.82 Å². The number of amides is 1. The number of hydrogen-bond donors (Lipinski definition) is 1. The molecule has 1 N–H and O–H groups in total. The number of ether oxygens (including phenoxy) is 1. The number of fused-ring (bicyclic) bond motifs is 3. The van der Waals surface area contributed by atoms with E-state index in [4.69, 9.17) is 9.84 Å². The topological polar surface area (TPSA) is 66.8 Å². The summed E-state index contributed by atoms with van der Waals surface area (Å²) in [5, 5.41) is 9.17. The first-order valence-electron chi connectivity index (χ1n) is 9.14. The Morgan fingerprint density at radius 3 is 2.00 bits per heavy atom. The molecule has 0 unspecified atom stereocenters. The minimum atomic E-state index is -1.19. The lowest BCUT2D eigenvalue weighted by atomic mass is 9.98. The highest BCUT2D eigenvalue weighted by molar-refractivity contribution is 5.93. The highest BCUT2D eigenvalue weighted by Gasteiger charge is 2.30. The van der Waals surface area contributed by atoms with Crippen molar-refractivity contribution in [2.45, 2.75) is 5.92 Å². The smallest absolute Gasteiger partial charge is 0.414 e. The second kappa shape index (κ2) is 7.75. The van der Waals surface area contributed by atoms with Crippen molar-refractivity contribution in [3.05, 3.63) is 89.7 Å². The summed E-state index contributed by atoms with van der Waals surface area (Å²) in [7, 11) is 0. The molecule has 6 heteroatoms. The fourth-order valence-corrected chi connectivity index (χ4v) is 3.69. The molecule has 0 bridgehead atoms. The number of halogens is 1. The molecule has 3 aromatic carbocycles. The van der Waals surface area contributed by atoms with Gasteiger partial charge in [-0.2, -0.15) is 0 Å². The van der Waals surface area contributed by atoms with Crippen LogP contribution in [0.2, 0.25) is 0 Å². The van der Waals surface area contributed by atoms with Crippen molar-refractivity contribution in [3.63, 3.8) is 0 Å². The van der Waals surface area contributed by atoms with Crippen molar-refractivity contribution < 1.29 is 23.8 Å². The minimum Gasteiger partial charge on any atom is -0.480 e. The number of carbonyl (C=O) groups is 2. The van der Waals surface area contributed by atoms with Crippen LogP contribution >= 0.6 is 0 Å². The van der Waals surface area contributed by atoms with Crippen LogP contribution in [0.15, 0.2) is 72.8 Å². The normalized spacial score (nSPS) is 12.2. The number of benzene rings is 3. The third-order valence-electron chi connectivity index (χ3n) is 4.99. The lowest BCUT2D eigenvalue weighted by Gasteiger charge is -2.22. The van der Waals surface area contributed by atoms with Gasteiger partial charge in [0.25, 0.3) is 0 Å². The van der Waals surface area contributed by atoms with E-state index in [0.29, 0.717) is 0 Å². The molecule has 1 aliphatic rings. The van der Waals surface area contributed by atoms with Crippen molar-refractivity contribution in [1.29, 1.82) is 0 Å². The van der Waals surface area contributed by atoms with Crippen molar-refractivity contribution in [2.24, 2.45) is 0 Å². The Morgan fingerprint density at radius 2 is 1.45 bits per heavy atom. The molecule has 146 valence electrons. The number of anilines is 1. The van der Waals surface area contributed by atoms with Gasteiger partial charge in [0.15, 0.2) is 0 Å². The van der Waals surface area contributed by atoms with E-state index in [-0.39, 0.29) is 18.2 Å². The number of carbonyl (C=O) groups excluding carboxylic acids is 1. The Morgan fingerprint density at radius 1 is 0.897 bits per heavy atom. The molecule has 29 heavy (non-hydrogen) atoms. The summed E-state index contributed by atoms with van der Waals surface area (Å²) in [6, 6.07) is 20.9. The van der Waals surface area contributed by atoms with Gasteiger partial charge in [0.1, 0.15) is 19.0 Å². The lowest BCUT2D eigenvalue weighted by molar-refractivity contribution is -0.135. The number of carboxylic acids is 1. The van der Waals surface area contributed by atoms with E-state index < -0.39 is 24.4 Å². The average molecular weight is 391 g/mol. The molecule has 0 spiro atoms. The van der Waals surface area contributed by atoms with Gasteiger partial charge < -0.3 is 9.84 Å². The predicted octanol–water partition coefficient (Wildman–Crippen LogP) is 4.67. The van der Waals surface area contributed by atoms with E-state index in [0.717, 1.165) is 27.2 Å². The first-order valence-corrected chi connectivity index (χ1v) is 9.14. The molecule has 3 aromatic rings. The molecule has 5 nitrogen and oxygen atoms in total. The van der Waals surface area contributed by atoms with Crippen LogP contribution in [0.3, 0.4) is 0 Å². The first-order chi connectivity index (χ1) is 14.0. The fraction of sp³-hybridized carbons (Fsp3) is 0.130. The summed E-state index contributed by atoms with van der Waals surface area (Å²) in [4.78, 5) is 24.9. The van der Waals surface area contributed by atoms with E-state index >= 15 is 0 Å². The molecular formula is C23H18FNO4. The van der Waals surface area contributed by atoms with Gasteiger partial charge in [-0.1, -0.05) is 48.5 Å². The summed E-state index contributed by atoms with van der Waals surface area (Å²) < 4.78 is 18.7. The molecule has 0 atom stereocenters. The van der Waals surface area contributed by atoms with Crippen LogP contribution in [0.4, 0.5) is 14.9 Å². The molecule has 0 radical (unpaired) electrons. The molecule has 1 amide bonds. The Balaban J connectivity index is 1.56. The lowest BCUT2D eigenvalue weighted by Crippen LogP contribution is -2.36. The van der Waals surface area contributed by atoms with Crippen LogP contribution in [0.5, 0.6) is 0 Å². The summed E-state index contributed by atoms with van der Waals surface area (Å²) in [6.45, 7) is -0.507. The van der Waals surface area contributed by atoms with Gasteiger partial charge in [-0.05, 0) is 46.5 Å². The van der Waals surface area contributed by atoms with Crippen LogP contribution in [-0.2, 0) is 9.53 Å². The molecule has 0 saturated heterocycles. The zero-order chi connectivity index (χ0) is 20.4. The quantitative estimate of drug-likeness (QED) is 0.687. The zero-order valence-electron chi connectivity index (χ0n) is 15.4. The Labute approximate surface area is 167 Å². The van der Waals surface area contributed by atoms with Gasteiger partial charge in [0.05, 0.1) is 0 Å². The molecule has 0 heterocycles. The van der Waals surface area contributed by atoms with E-state index in [1.165, 1.54) is 24.3 Å². The third-order valence-corrected chi connectivity index (χ3v) is 4.99. The van der Waals surface area contributed by atoms with Crippen molar-refractivity contribution in [2.75, 3.05) is 18.1 Å². The first kappa shape index (κ1) is 18.7. The standard InChI is InChI=1S/C23H18FNO4/c24-15-9-11-16(12-10-15)25(13-22(26)27)23(28)29-14-21-19-7-3-1-5-17(19)18-6-2-4-8-20(18)21/h1-12,21H,13-14H2,(H,26,27). The van der Waals surface area contributed by atoms with Gasteiger partial charge in [0, 0.05) is 11.6 Å². The third kappa shape index (κ3) is 3.69. The zero-order valence-corrected chi connectivity index (χ0v) is 15.4. The van der Waals surface area contributed by atoms with Gasteiger partial charge in [-0.15, -0.1) is 0 Å². The highest BCUT2D eigenvalue weighted by atomic mass is 19.1. The van der Waals surface area contributed by atoms with Crippen molar-refractivity contribution >= 4 is 17.7 Å². The Kier molecular flexibility index (Phi) is 4.99. The SMILES string of the molecule is O=C(O)CN(C(=O)OCC1c2ccccc2-c2ccccc21)c1ccc(F)cc1. The van der Waals surface area contributed by atoms with Crippen molar-refractivity contribution in [3.8, 4) is 11.1 Å². The van der Waals surface area contributed by atoms with Crippen LogP contribution in [-0.4, -0.2) is 30.3 Å². The maximum atomic E-state index is 13.2. The maximum Gasteiger partial charge on any atom is 0.414 e. The van der Waals surface area contributed by atoms with Crippen LogP contribution in [0.25, 0.3) is 11.1 Å². The van der Waals surface area contributed by atoms with Gasteiger partial charge >= 0.3 is 12.1 Å². The fourth-order valence-electron chi connectivity index (χ4n) is 3.69. The monoisotopic (exact) mass is 391 g/mol. The molecule has 1 aliphatic carbocycles. The number of rotatable bonds is 5. The largest absolute Gasteiger partial charge is 0.480 e. The van der Waals surface area contributed by atoms with Gasteiger partial charge in [0.2, 0.25) is 0 Å². The summed E-state index contributed by atoms with van der Waals surface area (Å²) >= 11 is 0. The minimum absolute atomic E-state index is 0.0736. The van der Waals surface area contributed by atoms with E-state index in [9.17, 15) is 14.0 Å². The second-order valence-corrected chi connectivity index (χ2v) is 6.76. The number of hydrogen-bond acceptors (Lipinski definition) is 3. The number of carboxylic acid groups (broad SMARTS) is 1. The Bertz CT molecular complexity index is 1020. The maximum absolute atomic E-state index is 13.2. The second-order valence-electron chi connectivity index (χ2n) is 6.76. The van der Waals surface area contributed by atoms with Gasteiger partial charge in [-0.25, -0.2) is 9.18 Å². The molecule has 4 rings (SSSR count). The van der Waals surface area contributed by atoms with Crippen LogP contribution in [0.1, 0.15) is 17.0 Å². The van der Waals surface area contributed by atoms with Crippen LogP contribution < -0.4 is 4.90 Å². The highest BCUT2D eigenvalue weighted by Crippen LogP contribution is 2.44. The molecule has 0 aromatic heterocycles. The summed E-state index contributed by atoms with van der Waals surface area (Å²) in [5.74, 6) is -1.80. The molecule has 0 aliphatic heterocycles. The van der Waals surface area contributed by atoms with Gasteiger partial charge in [-0.3, -0.25) is 9.69 Å². The number of aliphatic carboxylic acids is 1. The summed E-state index contributed by atoms with van der Waals surface area (Å²) in [5.41, 5.74) is 4.59. The average Bonchev–Trinajstić information content (AvgIpc) is 3.05. The summed E-state index contributed by atoms with van der Waals surface area (Å²) in [6.07, 6.45) is -0.791. The van der Waals surface area contributed by atoms with E-state index in [1.807, 2.05) is 48.5 Å². The molecule has 0 fully saturated rings. The molecular weight excluding hydrogens is 373 g/mol. The Hall–Kier alpha value is -3.67. The van der Waals surface area contributed by atoms with E-state index in [1.54, 1.807) is 0 Å². The predicted molar refractivity (Wildman–Crippen MR) is 106 cm³/mol. The number of nitrogens with zero attached hydrogens (tertiary/aromatic N) is 1.